The lowest BCUT2D eigenvalue weighted by Gasteiger charge is -2.23. The third-order valence-corrected chi connectivity index (χ3v) is 5.68. The minimum atomic E-state index is -0.433. The zero-order valence-corrected chi connectivity index (χ0v) is 17.9. The molecule has 0 unspecified atom stereocenters. The Hall–Kier alpha value is -2.22. The number of carbonyl (C=O) groups excluding carboxylic acids is 1. The molecule has 2 aliphatic rings. The molecule has 0 radical (unpaired) electrons. The van der Waals surface area contributed by atoms with Gasteiger partial charge in [-0.2, -0.15) is 0 Å². The molecule has 0 aromatic carbocycles. The summed E-state index contributed by atoms with van der Waals surface area (Å²) in [6.07, 6.45) is 7.60. The van der Waals surface area contributed by atoms with Gasteiger partial charge in [-0.05, 0) is 30.4 Å². The van der Waals surface area contributed by atoms with Crippen LogP contribution in [0.2, 0.25) is 0 Å². The van der Waals surface area contributed by atoms with Crippen LogP contribution in [-0.2, 0) is 4.79 Å². The number of amidine groups is 1. The van der Waals surface area contributed by atoms with Gasteiger partial charge >= 0.3 is 0 Å². The molecule has 2 rings (SSSR count). The van der Waals surface area contributed by atoms with Crippen molar-refractivity contribution in [2.45, 2.75) is 39.5 Å². The molecule has 28 heavy (non-hydrogen) atoms. The van der Waals surface area contributed by atoms with E-state index in [-0.39, 0.29) is 11.7 Å². The molecule has 0 aliphatic carbocycles. The highest BCUT2D eigenvalue weighted by molar-refractivity contribution is 8.02. The third kappa shape index (κ3) is 5.89. The lowest BCUT2D eigenvalue weighted by atomic mass is 9.92. The van der Waals surface area contributed by atoms with Gasteiger partial charge in [-0.15, -0.1) is 11.8 Å². The second kappa shape index (κ2) is 10.4. The maximum Gasteiger partial charge on any atom is 0.233 e. The van der Waals surface area contributed by atoms with Crippen LogP contribution in [0.5, 0.6) is 0 Å². The molecule has 8 heteroatoms. The number of aliphatic imine (C=N–C) groups is 1. The third-order valence-electron chi connectivity index (χ3n) is 4.77. The Labute approximate surface area is 172 Å². The average molecular weight is 405 g/mol. The predicted octanol–water partition coefficient (Wildman–Crippen LogP) is 2.76. The Morgan fingerprint density at radius 3 is 2.89 bits per heavy atom. The van der Waals surface area contributed by atoms with E-state index in [0.29, 0.717) is 23.6 Å². The quantitative estimate of drug-likeness (QED) is 0.418. The minimum Gasteiger partial charge on any atom is -0.392 e. The fourth-order valence-corrected chi connectivity index (χ4v) is 3.79. The summed E-state index contributed by atoms with van der Waals surface area (Å²) in [4.78, 5) is 18.6. The van der Waals surface area contributed by atoms with Gasteiger partial charge in [0.15, 0.2) is 5.84 Å². The lowest BCUT2D eigenvalue weighted by Crippen LogP contribution is -2.40. The SMILES string of the molecule is C=C(N/C(=C/NC)C(=N)N1CCC(C)(C)C1=O)C1=C/SCCCCCN\C=N\1. The van der Waals surface area contributed by atoms with Gasteiger partial charge in [0.25, 0.3) is 0 Å². The monoisotopic (exact) mass is 404 g/mol. The molecule has 0 aromatic rings. The number of nitrogens with one attached hydrogen (secondary N) is 4. The van der Waals surface area contributed by atoms with Crippen molar-refractivity contribution in [2.24, 2.45) is 10.4 Å². The van der Waals surface area contributed by atoms with Crippen molar-refractivity contribution >= 4 is 29.8 Å². The first-order valence-electron chi connectivity index (χ1n) is 9.69. The van der Waals surface area contributed by atoms with Gasteiger partial charge in [0.1, 0.15) is 0 Å². The van der Waals surface area contributed by atoms with Crippen LogP contribution in [0.15, 0.2) is 40.3 Å². The van der Waals surface area contributed by atoms with Crippen LogP contribution < -0.4 is 16.0 Å². The van der Waals surface area contributed by atoms with E-state index < -0.39 is 5.41 Å². The first-order valence-corrected chi connectivity index (χ1v) is 10.7. The summed E-state index contributed by atoms with van der Waals surface area (Å²) in [5, 5.41) is 19.9. The van der Waals surface area contributed by atoms with Crippen LogP contribution in [0.3, 0.4) is 0 Å². The van der Waals surface area contributed by atoms with E-state index in [1.54, 1.807) is 31.3 Å². The van der Waals surface area contributed by atoms with Crippen LogP contribution in [0.1, 0.15) is 39.5 Å². The van der Waals surface area contributed by atoms with E-state index in [1.807, 2.05) is 19.3 Å². The van der Waals surface area contributed by atoms with Gasteiger partial charge in [0.2, 0.25) is 5.91 Å². The summed E-state index contributed by atoms with van der Waals surface area (Å²) >= 11 is 1.71. The van der Waals surface area contributed by atoms with Crippen LogP contribution in [-0.4, -0.2) is 48.9 Å². The Kier molecular flexibility index (Phi) is 8.17. The highest BCUT2D eigenvalue weighted by Crippen LogP contribution is 2.31. The number of rotatable bonds is 5. The Morgan fingerprint density at radius 1 is 1.43 bits per heavy atom. The molecule has 0 saturated carbocycles. The number of hydrogen-bond donors (Lipinski definition) is 4. The van der Waals surface area contributed by atoms with Gasteiger partial charge in [-0.25, -0.2) is 4.99 Å². The summed E-state index contributed by atoms with van der Waals surface area (Å²) in [6.45, 7) is 9.39. The second-order valence-electron chi connectivity index (χ2n) is 7.54. The fourth-order valence-electron chi connectivity index (χ4n) is 2.94. The van der Waals surface area contributed by atoms with E-state index in [2.05, 4.69) is 27.5 Å². The normalized spacial score (nSPS) is 23.7. The summed E-state index contributed by atoms with van der Waals surface area (Å²) in [5.74, 6) is 1.15. The van der Waals surface area contributed by atoms with Crippen molar-refractivity contribution in [3.05, 3.63) is 35.3 Å². The number of carbonyl (C=O) groups is 1. The fraction of sp³-hybridized carbons (Fsp3) is 0.550. The van der Waals surface area contributed by atoms with Gasteiger partial charge in [-0.1, -0.05) is 26.8 Å². The zero-order valence-electron chi connectivity index (χ0n) is 17.1. The van der Waals surface area contributed by atoms with Crippen molar-refractivity contribution in [1.82, 2.24) is 20.9 Å². The number of hydrogen-bond acceptors (Lipinski definition) is 7. The highest BCUT2D eigenvalue weighted by Gasteiger charge is 2.41. The number of likely N-dealkylation sites (tertiary alicyclic amines) is 1. The average Bonchev–Trinajstić information content (AvgIpc) is 2.90. The van der Waals surface area contributed by atoms with Crippen LogP contribution in [0, 0.1) is 10.8 Å². The number of thioether (sulfide) groups is 1. The van der Waals surface area contributed by atoms with Crippen molar-refractivity contribution in [2.75, 3.05) is 25.9 Å². The molecule has 0 atom stereocenters. The van der Waals surface area contributed by atoms with E-state index in [4.69, 9.17) is 5.41 Å². The molecule has 1 amide bonds. The maximum absolute atomic E-state index is 12.6. The smallest absolute Gasteiger partial charge is 0.233 e. The molecule has 0 spiro atoms. The molecule has 7 nitrogen and oxygen atoms in total. The van der Waals surface area contributed by atoms with Crippen LogP contribution >= 0.6 is 11.8 Å². The van der Waals surface area contributed by atoms with Crippen molar-refractivity contribution < 1.29 is 4.79 Å². The molecule has 2 heterocycles. The summed E-state index contributed by atoms with van der Waals surface area (Å²) in [5.41, 5.74) is 1.35. The van der Waals surface area contributed by atoms with Gasteiger partial charge in [0, 0.05) is 31.8 Å². The van der Waals surface area contributed by atoms with Gasteiger partial charge in [0.05, 0.1) is 23.4 Å². The first-order chi connectivity index (χ1) is 13.4. The summed E-state index contributed by atoms with van der Waals surface area (Å²) in [6, 6.07) is 0. The summed E-state index contributed by atoms with van der Waals surface area (Å²) in [7, 11) is 1.76. The first kappa shape index (κ1) is 22.1. The molecule has 1 saturated heterocycles. The zero-order chi connectivity index (χ0) is 20.6. The molecule has 154 valence electrons. The van der Waals surface area contributed by atoms with E-state index >= 15 is 0 Å². The molecule has 2 aliphatic heterocycles. The van der Waals surface area contributed by atoms with Crippen molar-refractivity contribution in [3.8, 4) is 0 Å². The van der Waals surface area contributed by atoms with E-state index in [9.17, 15) is 4.79 Å². The summed E-state index contributed by atoms with van der Waals surface area (Å²) < 4.78 is 0. The molecule has 0 aromatic heterocycles. The second-order valence-corrected chi connectivity index (χ2v) is 8.51. The highest BCUT2D eigenvalue weighted by atomic mass is 32.2. The molecule has 1 fully saturated rings. The van der Waals surface area contributed by atoms with Crippen molar-refractivity contribution in [3.63, 3.8) is 0 Å². The largest absolute Gasteiger partial charge is 0.392 e. The Bertz CT molecular complexity index is 695. The van der Waals surface area contributed by atoms with E-state index in [1.165, 1.54) is 17.7 Å². The van der Waals surface area contributed by atoms with Crippen LogP contribution in [0.25, 0.3) is 0 Å². The molecule has 4 N–H and O–H groups in total. The van der Waals surface area contributed by atoms with Gasteiger partial charge in [-0.3, -0.25) is 15.1 Å². The topological polar surface area (TPSA) is 92.6 Å². The minimum absolute atomic E-state index is 0.0288. The molecular formula is C20H32N6OS. The lowest BCUT2D eigenvalue weighted by molar-refractivity contribution is -0.131. The number of nitrogens with zero attached hydrogens (tertiary/aromatic N) is 2. The van der Waals surface area contributed by atoms with Crippen LogP contribution in [0.4, 0.5) is 0 Å². The Balaban J connectivity index is 2.12. The standard InChI is InChI=1S/C20H32N6OS/c1-15(17-13-28-11-7-5-6-9-23-14-24-17)25-16(12-22-4)18(21)26-10-8-20(2,3)19(26)27/h12-14,21-22,25H,1,5-11H2,2-4H3,(H,23,24)/b16-12+,17-13-,21-18?. The predicted molar refractivity (Wildman–Crippen MR) is 118 cm³/mol. The van der Waals surface area contributed by atoms with Gasteiger partial charge < -0.3 is 16.0 Å². The maximum atomic E-state index is 12.6. The molecule has 0 bridgehead atoms. The number of amides is 1. The molecular weight excluding hydrogens is 372 g/mol. The Morgan fingerprint density at radius 2 is 2.21 bits per heavy atom. The van der Waals surface area contributed by atoms with Crippen molar-refractivity contribution in [1.29, 1.82) is 5.41 Å². The van der Waals surface area contributed by atoms with E-state index in [0.717, 1.165) is 25.1 Å².